The monoisotopic (exact) mass is 377 g/mol. The minimum absolute atomic E-state index is 0.188. The highest BCUT2D eigenvalue weighted by molar-refractivity contribution is 9.10. The molecule has 0 aromatic heterocycles. The predicted molar refractivity (Wildman–Crippen MR) is 83.6 cm³/mol. The van der Waals surface area contributed by atoms with Gasteiger partial charge >= 0.3 is 0 Å². The largest absolute Gasteiger partial charge is 0.392 e. The van der Waals surface area contributed by atoms with Crippen molar-refractivity contribution in [2.24, 2.45) is 0 Å². The minimum atomic E-state index is -3.68. The van der Waals surface area contributed by atoms with Crippen LogP contribution in [0.5, 0.6) is 0 Å². The van der Waals surface area contributed by atoms with Crippen molar-refractivity contribution >= 4 is 26.0 Å². The van der Waals surface area contributed by atoms with E-state index in [0.29, 0.717) is 28.8 Å². The summed E-state index contributed by atoms with van der Waals surface area (Å²) in [6.07, 6.45) is 1.57. The summed E-state index contributed by atoms with van der Waals surface area (Å²) >= 11 is 3.34. The molecule has 1 unspecified atom stereocenters. The normalized spacial score (nSPS) is 23.2. The van der Waals surface area contributed by atoms with E-state index >= 15 is 0 Å². The van der Waals surface area contributed by atoms with Gasteiger partial charge in [0.2, 0.25) is 10.0 Å². The van der Waals surface area contributed by atoms with Crippen LogP contribution in [0.4, 0.5) is 0 Å². The Balaban J connectivity index is 2.37. The number of rotatable bonds is 4. The number of nitrogens with one attached hydrogen (secondary N) is 1. The van der Waals surface area contributed by atoms with Crippen LogP contribution in [0.3, 0.4) is 0 Å². The first-order valence-electron chi connectivity index (χ1n) is 6.79. The van der Waals surface area contributed by atoms with Crippen LogP contribution >= 0.6 is 15.9 Å². The third-order valence-electron chi connectivity index (χ3n) is 3.65. The van der Waals surface area contributed by atoms with Gasteiger partial charge in [0.15, 0.2) is 0 Å². The van der Waals surface area contributed by atoms with E-state index in [9.17, 15) is 13.5 Å². The molecule has 1 aromatic rings. The van der Waals surface area contributed by atoms with Gasteiger partial charge in [-0.1, -0.05) is 15.9 Å². The van der Waals surface area contributed by atoms with Gasteiger partial charge in [-0.05, 0) is 49.9 Å². The number of aliphatic hydroxyl groups is 1. The van der Waals surface area contributed by atoms with Crippen LogP contribution in [0.1, 0.15) is 30.9 Å². The summed E-state index contributed by atoms with van der Waals surface area (Å²) in [5, 5.41) is 9.26. The Morgan fingerprint density at radius 3 is 2.76 bits per heavy atom. The van der Waals surface area contributed by atoms with Crippen LogP contribution in [0.15, 0.2) is 21.5 Å². The number of ether oxygens (including phenoxy) is 1. The molecule has 2 N–H and O–H groups in total. The maximum atomic E-state index is 12.7. The molecule has 1 aliphatic rings. The number of benzene rings is 1. The Labute approximate surface area is 133 Å². The Kier molecular flexibility index (Phi) is 5.10. The molecule has 0 bridgehead atoms. The van der Waals surface area contributed by atoms with Crippen LogP contribution in [0.2, 0.25) is 0 Å². The van der Waals surface area contributed by atoms with Gasteiger partial charge in [0, 0.05) is 11.1 Å². The fourth-order valence-corrected chi connectivity index (χ4v) is 4.85. The highest BCUT2D eigenvalue weighted by Gasteiger charge is 2.33. The topological polar surface area (TPSA) is 75.6 Å². The second kappa shape index (κ2) is 6.34. The highest BCUT2D eigenvalue weighted by atomic mass is 79.9. The van der Waals surface area contributed by atoms with E-state index in [-0.39, 0.29) is 11.5 Å². The summed E-state index contributed by atoms with van der Waals surface area (Å²) in [5.74, 6) is 0. The SMILES string of the molecule is Cc1c(Br)cc(CO)cc1S(=O)(=O)NC1(C)CCCOC1. The molecule has 0 spiro atoms. The molecule has 0 aliphatic carbocycles. The lowest BCUT2D eigenvalue weighted by atomic mass is 9.97. The predicted octanol–water partition coefficient (Wildman–Crippen LogP) is 2.10. The summed E-state index contributed by atoms with van der Waals surface area (Å²) in [5.41, 5.74) is 0.587. The molecule has 5 nitrogen and oxygen atoms in total. The van der Waals surface area contributed by atoms with Crippen molar-refractivity contribution < 1.29 is 18.3 Å². The molecule has 1 aromatic carbocycles. The van der Waals surface area contributed by atoms with Crippen molar-refractivity contribution in [1.29, 1.82) is 0 Å². The molecule has 1 saturated heterocycles. The lowest BCUT2D eigenvalue weighted by Crippen LogP contribution is -2.51. The minimum Gasteiger partial charge on any atom is -0.392 e. The first kappa shape index (κ1) is 16.9. The van der Waals surface area contributed by atoms with Gasteiger partial charge in [0.05, 0.1) is 23.6 Å². The van der Waals surface area contributed by atoms with Gasteiger partial charge < -0.3 is 9.84 Å². The first-order chi connectivity index (χ1) is 9.77. The molecule has 7 heteroatoms. The van der Waals surface area contributed by atoms with Crippen molar-refractivity contribution in [2.75, 3.05) is 13.2 Å². The smallest absolute Gasteiger partial charge is 0.241 e. The van der Waals surface area contributed by atoms with Crippen molar-refractivity contribution in [2.45, 2.75) is 43.7 Å². The summed E-state index contributed by atoms with van der Waals surface area (Å²) in [7, 11) is -3.68. The van der Waals surface area contributed by atoms with Crippen molar-refractivity contribution in [3.63, 3.8) is 0 Å². The lowest BCUT2D eigenvalue weighted by Gasteiger charge is -2.34. The van der Waals surface area contributed by atoms with Gasteiger partial charge in [-0.2, -0.15) is 0 Å². The summed E-state index contributed by atoms with van der Waals surface area (Å²) < 4.78 is 34.2. The van der Waals surface area contributed by atoms with Crippen molar-refractivity contribution in [3.05, 3.63) is 27.7 Å². The fraction of sp³-hybridized carbons (Fsp3) is 0.571. The summed E-state index contributed by atoms with van der Waals surface area (Å²) in [6, 6.07) is 3.23. The quantitative estimate of drug-likeness (QED) is 0.842. The van der Waals surface area contributed by atoms with E-state index < -0.39 is 15.6 Å². The molecule has 2 rings (SSSR count). The fourth-order valence-electron chi connectivity index (χ4n) is 2.47. The van der Waals surface area contributed by atoms with Gasteiger partial charge in [0.25, 0.3) is 0 Å². The molecule has 21 heavy (non-hydrogen) atoms. The molecule has 0 amide bonds. The molecule has 0 radical (unpaired) electrons. The second-order valence-electron chi connectivity index (χ2n) is 5.68. The average molecular weight is 378 g/mol. The molecule has 1 heterocycles. The van der Waals surface area contributed by atoms with Crippen LogP contribution < -0.4 is 4.72 Å². The number of halogens is 1. The van der Waals surface area contributed by atoms with E-state index in [1.54, 1.807) is 13.0 Å². The van der Waals surface area contributed by atoms with Crippen LogP contribution in [0.25, 0.3) is 0 Å². The van der Waals surface area contributed by atoms with Crippen LogP contribution in [-0.2, 0) is 21.4 Å². The molecule has 0 saturated carbocycles. The first-order valence-corrected chi connectivity index (χ1v) is 9.07. The number of hydrogen-bond donors (Lipinski definition) is 2. The Morgan fingerprint density at radius 1 is 1.48 bits per heavy atom. The molecule has 1 aliphatic heterocycles. The molecular weight excluding hydrogens is 358 g/mol. The summed E-state index contributed by atoms with van der Waals surface area (Å²) in [4.78, 5) is 0.188. The zero-order chi connectivity index (χ0) is 15.7. The van der Waals surface area contributed by atoms with E-state index in [4.69, 9.17) is 4.74 Å². The average Bonchev–Trinajstić information content (AvgIpc) is 2.41. The van der Waals surface area contributed by atoms with Crippen LogP contribution in [-0.4, -0.2) is 32.3 Å². The third-order valence-corrected chi connectivity index (χ3v) is 6.24. The molecule has 1 fully saturated rings. The molecule has 118 valence electrons. The van der Waals surface area contributed by atoms with E-state index in [1.807, 2.05) is 6.92 Å². The van der Waals surface area contributed by atoms with Gasteiger partial charge in [-0.3, -0.25) is 0 Å². The Bertz CT molecular complexity index is 624. The molecule has 1 atom stereocenters. The number of hydrogen-bond acceptors (Lipinski definition) is 4. The maximum absolute atomic E-state index is 12.7. The number of sulfonamides is 1. The highest BCUT2D eigenvalue weighted by Crippen LogP contribution is 2.28. The van der Waals surface area contributed by atoms with Crippen molar-refractivity contribution in [1.82, 2.24) is 4.72 Å². The van der Waals surface area contributed by atoms with Gasteiger partial charge in [-0.25, -0.2) is 13.1 Å². The maximum Gasteiger partial charge on any atom is 0.241 e. The Hall–Kier alpha value is -0.470. The van der Waals surface area contributed by atoms with E-state index in [1.165, 1.54) is 6.07 Å². The van der Waals surface area contributed by atoms with Gasteiger partial charge in [-0.15, -0.1) is 0 Å². The zero-order valence-corrected chi connectivity index (χ0v) is 14.6. The zero-order valence-electron chi connectivity index (χ0n) is 12.1. The summed E-state index contributed by atoms with van der Waals surface area (Å²) in [6.45, 7) is 4.42. The van der Waals surface area contributed by atoms with Crippen molar-refractivity contribution in [3.8, 4) is 0 Å². The third kappa shape index (κ3) is 3.84. The van der Waals surface area contributed by atoms with Gasteiger partial charge in [0.1, 0.15) is 0 Å². The Morgan fingerprint density at radius 2 is 2.19 bits per heavy atom. The second-order valence-corrected chi connectivity index (χ2v) is 8.19. The lowest BCUT2D eigenvalue weighted by molar-refractivity contribution is 0.0386. The molecular formula is C14H20BrNO4S. The number of aliphatic hydroxyl groups excluding tert-OH is 1. The standard InChI is InChI=1S/C14H20BrNO4S/c1-10-12(15)6-11(8-17)7-13(10)21(18,19)16-14(2)4-3-5-20-9-14/h6-7,16-17H,3-5,8-9H2,1-2H3. The van der Waals surface area contributed by atoms with E-state index in [0.717, 1.165) is 12.8 Å². The van der Waals surface area contributed by atoms with E-state index in [2.05, 4.69) is 20.7 Å². The van der Waals surface area contributed by atoms with Crippen LogP contribution in [0, 0.1) is 6.92 Å².